The Morgan fingerprint density at radius 1 is 1.04 bits per heavy atom. The third kappa shape index (κ3) is 3.54. The standard InChI is InChI=1S/C18H20F4N2O2/c1-12(25)24-9-6-17(11-24)4-7-23(8-5-17)16(26)13-2-3-15(19)14(10-13)18(20,21)22/h2-3,10H,4-9,11H2,1H3. The lowest BCUT2D eigenvalue weighted by Crippen LogP contribution is -2.44. The molecule has 8 heteroatoms. The van der Waals surface area contributed by atoms with Crippen molar-refractivity contribution in [3.8, 4) is 0 Å². The number of nitrogens with zero attached hydrogens (tertiary/aromatic N) is 2. The van der Waals surface area contributed by atoms with Crippen LogP contribution in [-0.2, 0) is 11.0 Å². The zero-order chi connectivity index (χ0) is 19.1. The zero-order valence-corrected chi connectivity index (χ0v) is 14.4. The van der Waals surface area contributed by atoms with E-state index in [0.29, 0.717) is 51.2 Å². The highest BCUT2D eigenvalue weighted by Crippen LogP contribution is 2.40. The van der Waals surface area contributed by atoms with Crippen molar-refractivity contribution in [1.29, 1.82) is 0 Å². The van der Waals surface area contributed by atoms with Gasteiger partial charge in [-0.2, -0.15) is 13.2 Å². The Morgan fingerprint density at radius 3 is 2.12 bits per heavy atom. The molecule has 2 heterocycles. The van der Waals surface area contributed by atoms with Crippen LogP contribution in [0.15, 0.2) is 18.2 Å². The van der Waals surface area contributed by atoms with E-state index in [1.807, 2.05) is 0 Å². The second-order valence-electron chi connectivity index (χ2n) is 7.18. The molecule has 0 aliphatic carbocycles. The molecule has 0 atom stereocenters. The summed E-state index contributed by atoms with van der Waals surface area (Å²) in [6.45, 7) is 3.74. The predicted molar refractivity (Wildman–Crippen MR) is 85.8 cm³/mol. The molecule has 2 aliphatic heterocycles. The van der Waals surface area contributed by atoms with Crippen molar-refractivity contribution in [2.75, 3.05) is 26.2 Å². The lowest BCUT2D eigenvalue weighted by Gasteiger charge is -2.39. The molecule has 26 heavy (non-hydrogen) atoms. The van der Waals surface area contributed by atoms with Gasteiger partial charge in [0.15, 0.2) is 0 Å². The second-order valence-corrected chi connectivity index (χ2v) is 7.18. The van der Waals surface area contributed by atoms with Crippen molar-refractivity contribution < 1.29 is 27.2 Å². The van der Waals surface area contributed by atoms with Gasteiger partial charge in [0, 0.05) is 38.7 Å². The van der Waals surface area contributed by atoms with Crippen LogP contribution in [0.2, 0.25) is 0 Å². The van der Waals surface area contributed by atoms with E-state index in [4.69, 9.17) is 0 Å². The Morgan fingerprint density at radius 2 is 1.62 bits per heavy atom. The largest absolute Gasteiger partial charge is 0.419 e. The van der Waals surface area contributed by atoms with Crippen LogP contribution in [0.1, 0.15) is 42.1 Å². The van der Waals surface area contributed by atoms with E-state index in [0.717, 1.165) is 12.5 Å². The average molecular weight is 372 g/mol. The maximum absolute atomic E-state index is 13.4. The number of halogens is 4. The van der Waals surface area contributed by atoms with Gasteiger partial charge in [-0.3, -0.25) is 9.59 Å². The lowest BCUT2D eigenvalue weighted by atomic mass is 9.77. The maximum atomic E-state index is 13.4. The summed E-state index contributed by atoms with van der Waals surface area (Å²) in [7, 11) is 0. The van der Waals surface area contributed by atoms with E-state index in [1.54, 1.807) is 4.90 Å². The summed E-state index contributed by atoms with van der Waals surface area (Å²) >= 11 is 0. The van der Waals surface area contributed by atoms with E-state index < -0.39 is 23.5 Å². The van der Waals surface area contributed by atoms with Gasteiger partial charge in [0.1, 0.15) is 5.82 Å². The van der Waals surface area contributed by atoms with E-state index in [9.17, 15) is 27.2 Å². The van der Waals surface area contributed by atoms with Gasteiger partial charge in [-0.25, -0.2) is 4.39 Å². The maximum Gasteiger partial charge on any atom is 0.419 e. The summed E-state index contributed by atoms with van der Waals surface area (Å²) in [5, 5.41) is 0. The molecule has 2 fully saturated rings. The zero-order valence-electron chi connectivity index (χ0n) is 14.4. The van der Waals surface area contributed by atoms with E-state index >= 15 is 0 Å². The summed E-state index contributed by atoms with van der Waals surface area (Å²) in [6.07, 6.45) is -2.55. The van der Waals surface area contributed by atoms with Gasteiger partial charge < -0.3 is 9.80 Å². The number of piperidine rings is 1. The highest BCUT2D eigenvalue weighted by molar-refractivity contribution is 5.94. The molecule has 0 saturated carbocycles. The smallest absolute Gasteiger partial charge is 0.342 e. The Hall–Kier alpha value is -2.12. The topological polar surface area (TPSA) is 40.6 Å². The molecule has 4 nitrogen and oxygen atoms in total. The Bertz CT molecular complexity index is 724. The molecule has 2 saturated heterocycles. The van der Waals surface area contributed by atoms with E-state index in [1.165, 1.54) is 11.8 Å². The fourth-order valence-electron chi connectivity index (χ4n) is 3.85. The van der Waals surface area contributed by atoms with Gasteiger partial charge in [-0.15, -0.1) is 0 Å². The molecule has 0 aromatic heterocycles. The molecule has 1 aromatic carbocycles. The van der Waals surface area contributed by atoms with E-state index in [2.05, 4.69) is 0 Å². The number of alkyl halides is 3. The van der Waals surface area contributed by atoms with Crippen LogP contribution in [0.5, 0.6) is 0 Å². The first-order valence-electron chi connectivity index (χ1n) is 8.53. The average Bonchev–Trinajstić information content (AvgIpc) is 2.98. The number of benzene rings is 1. The molecule has 0 unspecified atom stereocenters. The SMILES string of the molecule is CC(=O)N1CCC2(CCN(C(=O)c3ccc(F)c(C(F)(F)F)c3)CC2)C1. The number of hydrogen-bond acceptors (Lipinski definition) is 2. The third-order valence-corrected chi connectivity index (χ3v) is 5.51. The second kappa shape index (κ2) is 6.55. The van der Waals surface area contributed by atoms with Gasteiger partial charge in [0.05, 0.1) is 5.56 Å². The fraction of sp³-hybridized carbons (Fsp3) is 0.556. The van der Waals surface area contributed by atoms with Crippen LogP contribution in [0, 0.1) is 11.2 Å². The van der Waals surface area contributed by atoms with Crippen molar-refractivity contribution in [1.82, 2.24) is 9.80 Å². The van der Waals surface area contributed by atoms with Gasteiger partial charge in [0.25, 0.3) is 5.91 Å². The van der Waals surface area contributed by atoms with Crippen LogP contribution < -0.4 is 0 Å². The molecule has 0 radical (unpaired) electrons. The summed E-state index contributed by atoms with van der Waals surface area (Å²) < 4.78 is 51.9. The van der Waals surface area contributed by atoms with Crippen LogP contribution in [-0.4, -0.2) is 47.8 Å². The third-order valence-electron chi connectivity index (χ3n) is 5.51. The van der Waals surface area contributed by atoms with Crippen LogP contribution in [0.3, 0.4) is 0 Å². The fourth-order valence-corrected chi connectivity index (χ4v) is 3.85. The predicted octanol–water partition coefficient (Wildman–Crippen LogP) is 3.32. The van der Waals surface area contributed by atoms with Crippen molar-refractivity contribution in [3.63, 3.8) is 0 Å². The van der Waals surface area contributed by atoms with Crippen molar-refractivity contribution in [2.24, 2.45) is 5.41 Å². The monoisotopic (exact) mass is 372 g/mol. The molecule has 1 spiro atoms. The molecule has 142 valence electrons. The van der Waals surface area contributed by atoms with Gasteiger partial charge >= 0.3 is 6.18 Å². The minimum atomic E-state index is -4.84. The molecule has 3 rings (SSSR count). The first-order valence-corrected chi connectivity index (χ1v) is 8.53. The van der Waals surface area contributed by atoms with Crippen molar-refractivity contribution >= 4 is 11.8 Å². The number of carbonyl (C=O) groups excluding carboxylic acids is 2. The molecule has 2 amide bonds. The quantitative estimate of drug-likeness (QED) is 0.710. The van der Waals surface area contributed by atoms with Crippen LogP contribution >= 0.6 is 0 Å². The van der Waals surface area contributed by atoms with Gasteiger partial charge in [-0.1, -0.05) is 0 Å². The molecule has 1 aromatic rings. The summed E-state index contributed by atoms with van der Waals surface area (Å²) in [5.41, 5.74) is -1.60. The number of carbonyl (C=O) groups is 2. The number of rotatable bonds is 1. The van der Waals surface area contributed by atoms with Crippen molar-refractivity contribution in [2.45, 2.75) is 32.4 Å². The Labute approximate surface area is 148 Å². The number of hydrogen-bond donors (Lipinski definition) is 0. The lowest BCUT2D eigenvalue weighted by molar-refractivity contribution is -0.140. The summed E-state index contributed by atoms with van der Waals surface area (Å²) in [6, 6.07) is 2.35. The van der Waals surface area contributed by atoms with Gasteiger partial charge in [0.2, 0.25) is 5.91 Å². The first-order chi connectivity index (χ1) is 12.1. The number of likely N-dealkylation sites (tertiary alicyclic amines) is 2. The number of amides is 2. The summed E-state index contributed by atoms with van der Waals surface area (Å²) in [4.78, 5) is 27.4. The molecular formula is C18H20F4N2O2. The van der Waals surface area contributed by atoms with Gasteiger partial charge in [-0.05, 0) is 42.9 Å². The van der Waals surface area contributed by atoms with Crippen LogP contribution in [0.4, 0.5) is 17.6 Å². The highest BCUT2D eigenvalue weighted by Gasteiger charge is 2.42. The van der Waals surface area contributed by atoms with Crippen LogP contribution in [0.25, 0.3) is 0 Å². The normalized spacial score (nSPS) is 19.9. The molecule has 0 N–H and O–H groups in total. The van der Waals surface area contributed by atoms with E-state index in [-0.39, 0.29) is 16.9 Å². The molecule has 0 bridgehead atoms. The Balaban J connectivity index is 1.69. The summed E-state index contributed by atoms with van der Waals surface area (Å²) in [5.74, 6) is -1.87. The first kappa shape index (κ1) is 18.7. The van der Waals surface area contributed by atoms with Crippen molar-refractivity contribution in [3.05, 3.63) is 35.1 Å². The minimum absolute atomic E-state index is 0.0115. The minimum Gasteiger partial charge on any atom is -0.342 e. The molecule has 2 aliphatic rings. The molecular weight excluding hydrogens is 352 g/mol. The highest BCUT2D eigenvalue weighted by atomic mass is 19.4. The Kier molecular flexibility index (Phi) is 4.71.